The molecule has 2 aromatic carbocycles. The number of hydrogen-bond donors (Lipinski definition) is 2. The third kappa shape index (κ3) is 2.99. The van der Waals surface area contributed by atoms with Gasteiger partial charge in [-0.3, -0.25) is 4.79 Å². The smallest absolute Gasteiger partial charge is 0.258 e. The average Bonchev–Trinajstić information content (AvgIpc) is 2.38. The largest absolute Gasteiger partial charge is 0.396 e. The minimum absolute atomic E-state index is 0.289. The van der Waals surface area contributed by atoms with Crippen LogP contribution in [0.2, 0.25) is 0 Å². The summed E-state index contributed by atoms with van der Waals surface area (Å²) in [5.74, 6) is -2.60. The molecule has 0 aliphatic carbocycles. The van der Waals surface area contributed by atoms with Gasteiger partial charge in [0.05, 0.1) is 16.9 Å². The molecule has 0 radical (unpaired) electrons. The Hall–Kier alpha value is -1.47. The van der Waals surface area contributed by atoms with Crippen LogP contribution in [0.3, 0.4) is 0 Å². The predicted octanol–water partition coefficient (Wildman–Crippen LogP) is 4.32. The summed E-state index contributed by atoms with van der Waals surface area (Å²) in [5.41, 5.74) is 5.17. The minimum atomic E-state index is -0.975. The van der Waals surface area contributed by atoms with Crippen molar-refractivity contribution in [3.8, 4) is 0 Å². The number of benzene rings is 2. The molecular formula is C13H8Br2F2N2O. The normalized spacial score (nSPS) is 10.4. The topological polar surface area (TPSA) is 55.1 Å². The van der Waals surface area contributed by atoms with Gasteiger partial charge in [0.25, 0.3) is 5.91 Å². The Labute approximate surface area is 130 Å². The van der Waals surface area contributed by atoms with E-state index in [1.165, 1.54) is 0 Å². The molecular weight excluding hydrogens is 398 g/mol. The molecule has 0 atom stereocenters. The number of nitrogens with one attached hydrogen (secondary N) is 1. The molecule has 3 N–H and O–H groups in total. The third-order valence-corrected chi connectivity index (χ3v) is 3.85. The predicted molar refractivity (Wildman–Crippen MR) is 80.6 cm³/mol. The Morgan fingerprint density at radius 2 is 1.70 bits per heavy atom. The van der Waals surface area contributed by atoms with Crippen LogP contribution in [0.4, 0.5) is 20.2 Å². The van der Waals surface area contributed by atoms with E-state index in [0.717, 1.165) is 6.07 Å². The summed E-state index contributed by atoms with van der Waals surface area (Å²) >= 11 is 6.54. The third-order valence-electron chi connectivity index (χ3n) is 2.53. The van der Waals surface area contributed by atoms with Crippen molar-refractivity contribution in [1.29, 1.82) is 0 Å². The van der Waals surface area contributed by atoms with E-state index in [2.05, 4.69) is 37.2 Å². The standard InChI is InChI=1S/C13H8Br2F2N2O/c14-7-2-1-3-8(15)12(7)19-13(20)6-4-11(18)10(17)5-9(6)16/h1-5H,18H2,(H,19,20). The number of hydrogen-bond acceptors (Lipinski definition) is 2. The molecule has 0 aliphatic rings. The highest BCUT2D eigenvalue weighted by Gasteiger charge is 2.17. The van der Waals surface area contributed by atoms with E-state index in [-0.39, 0.29) is 11.3 Å². The lowest BCUT2D eigenvalue weighted by molar-refractivity contribution is 0.102. The fourth-order valence-corrected chi connectivity index (χ4v) is 2.73. The van der Waals surface area contributed by atoms with Crippen LogP contribution >= 0.6 is 31.9 Å². The summed E-state index contributed by atoms with van der Waals surface area (Å²) in [6.07, 6.45) is 0. The Kier molecular flexibility index (Phi) is 4.39. The Morgan fingerprint density at radius 3 is 2.30 bits per heavy atom. The summed E-state index contributed by atoms with van der Waals surface area (Å²) in [6, 6.07) is 6.75. The van der Waals surface area contributed by atoms with Crippen LogP contribution in [0.15, 0.2) is 39.3 Å². The number of halogens is 4. The SMILES string of the molecule is Nc1cc(C(=O)Nc2c(Br)cccc2Br)c(F)cc1F. The highest BCUT2D eigenvalue weighted by atomic mass is 79.9. The van der Waals surface area contributed by atoms with Crippen LogP contribution < -0.4 is 11.1 Å². The maximum absolute atomic E-state index is 13.6. The molecule has 104 valence electrons. The molecule has 0 spiro atoms. The maximum Gasteiger partial charge on any atom is 0.258 e. The van der Waals surface area contributed by atoms with Gasteiger partial charge in [-0.1, -0.05) is 6.07 Å². The number of carbonyl (C=O) groups excluding carboxylic acids is 1. The van der Waals surface area contributed by atoms with Crippen molar-refractivity contribution >= 4 is 49.1 Å². The maximum atomic E-state index is 13.6. The molecule has 0 saturated carbocycles. The first-order valence-electron chi connectivity index (χ1n) is 5.40. The van der Waals surface area contributed by atoms with Crippen LogP contribution in [0, 0.1) is 11.6 Å². The molecule has 20 heavy (non-hydrogen) atoms. The Morgan fingerprint density at radius 1 is 1.10 bits per heavy atom. The van der Waals surface area contributed by atoms with E-state index in [1.54, 1.807) is 18.2 Å². The summed E-state index contributed by atoms with van der Waals surface area (Å²) in [6.45, 7) is 0. The minimum Gasteiger partial charge on any atom is -0.396 e. The van der Waals surface area contributed by atoms with E-state index in [1.807, 2.05) is 0 Å². The second-order valence-corrected chi connectivity index (χ2v) is 5.61. The number of amides is 1. The van der Waals surface area contributed by atoms with E-state index in [9.17, 15) is 13.6 Å². The molecule has 7 heteroatoms. The molecule has 0 bridgehead atoms. The second kappa shape index (κ2) is 5.88. The first-order valence-corrected chi connectivity index (χ1v) is 6.98. The molecule has 0 unspecified atom stereocenters. The van der Waals surface area contributed by atoms with E-state index in [4.69, 9.17) is 5.73 Å². The highest BCUT2D eigenvalue weighted by Crippen LogP contribution is 2.31. The van der Waals surface area contributed by atoms with Crippen LogP contribution in [0.1, 0.15) is 10.4 Å². The van der Waals surface area contributed by atoms with Crippen LogP contribution in [0.25, 0.3) is 0 Å². The molecule has 3 nitrogen and oxygen atoms in total. The van der Waals surface area contributed by atoms with E-state index in [0.29, 0.717) is 20.7 Å². The summed E-state index contributed by atoms with van der Waals surface area (Å²) in [5, 5.41) is 2.53. The van der Waals surface area contributed by atoms with Gasteiger partial charge in [0.1, 0.15) is 11.6 Å². The van der Waals surface area contributed by atoms with Gasteiger partial charge in [-0.2, -0.15) is 0 Å². The van der Waals surface area contributed by atoms with Crippen molar-refractivity contribution in [2.75, 3.05) is 11.1 Å². The average molecular weight is 406 g/mol. The van der Waals surface area contributed by atoms with Gasteiger partial charge in [-0.25, -0.2) is 8.78 Å². The van der Waals surface area contributed by atoms with Crippen molar-refractivity contribution in [2.45, 2.75) is 0 Å². The molecule has 1 amide bonds. The molecule has 2 rings (SSSR count). The van der Waals surface area contributed by atoms with Crippen molar-refractivity contribution in [2.24, 2.45) is 0 Å². The number of nitrogens with two attached hydrogens (primary N) is 1. The fourth-order valence-electron chi connectivity index (χ4n) is 1.54. The van der Waals surface area contributed by atoms with Crippen molar-refractivity contribution in [1.82, 2.24) is 0 Å². The molecule has 0 aromatic heterocycles. The van der Waals surface area contributed by atoms with Crippen molar-refractivity contribution in [3.63, 3.8) is 0 Å². The number of rotatable bonds is 2. The lowest BCUT2D eigenvalue weighted by Crippen LogP contribution is -2.15. The number of nitrogen functional groups attached to an aromatic ring is 1. The van der Waals surface area contributed by atoms with Gasteiger partial charge in [-0.05, 0) is 50.1 Å². The zero-order chi connectivity index (χ0) is 14.9. The van der Waals surface area contributed by atoms with E-state index < -0.39 is 17.5 Å². The van der Waals surface area contributed by atoms with Crippen LogP contribution in [0.5, 0.6) is 0 Å². The zero-order valence-electron chi connectivity index (χ0n) is 9.88. The molecule has 0 heterocycles. The quantitative estimate of drug-likeness (QED) is 0.731. The zero-order valence-corrected chi connectivity index (χ0v) is 13.1. The van der Waals surface area contributed by atoms with Gasteiger partial charge >= 0.3 is 0 Å². The first kappa shape index (κ1) is 14.9. The molecule has 0 saturated heterocycles. The number of anilines is 2. The molecule has 2 aromatic rings. The first-order chi connectivity index (χ1) is 9.40. The fraction of sp³-hybridized carbons (Fsp3) is 0. The van der Waals surface area contributed by atoms with Gasteiger partial charge in [0, 0.05) is 15.0 Å². The van der Waals surface area contributed by atoms with Gasteiger partial charge in [-0.15, -0.1) is 0 Å². The molecule has 0 fully saturated rings. The Balaban J connectivity index is 2.36. The van der Waals surface area contributed by atoms with Gasteiger partial charge in [0.15, 0.2) is 0 Å². The van der Waals surface area contributed by atoms with Crippen molar-refractivity contribution in [3.05, 3.63) is 56.5 Å². The van der Waals surface area contributed by atoms with Crippen molar-refractivity contribution < 1.29 is 13.6 Å². The summed E-state index contributed by atoms with van der Waals surface area (Å²) in [4.78, 5) is 12.0. The number of carbonyl (C=O) groups is 1. The summed E-state index contributed by atoms with van der Waals surface area (Å²) < 4.78 is 27.9. The molecule has 0 aliphatic heterocycles. The lowest BCUT2D eigenvalue weighted by Gasteiger charge is -2.10. The Bertz CT molecular complexity index is 672. The van der Waals surface area contributed by atoms with Gasteiger partial charge < -0.3 is 11.1 Å². The van der Waals surface area contributed by atoms with Crippen LogP contribution in [-0.4, -0.2) is 5.91 Å². The monoisotopic (exact) mass is 404 g/mol. The summed E-state index contributed by atoms with van der Waals surface area (Å²) in [7, 11) is 0. The lowest BCUT2D eigenvalue weighted by atomic mass is 10.1. The van der Waals surface area contributed by atoms with E-state index >= 15 is 0 Å². The second-order valence-electron chi connectivity index (χ2n) is 3.90. The van der Waals surface area contributed by atoms with Crippen LogP contribution in [-0.2, 0) is 0 Å². The van der Waals surface area contributed by atoms with Gasteiger partial charge in [0.2, 0.25) is 0 Å². The highest BCUT2D eigenvalue weighted by molar-refractivity contribution is 9.11. The number of para-hydroxylation sites is 1.